The molecule has 19 heavy (non-hydrogen) atoms. The largest absolute Gasteiger partial charge is 0.306 e. The van der Waals surface area contributed by atoms with Gasteiger partial charge in [-0.3, -0.25) is 0 Å². The molecule has 0 aliphatic heterocycles. The third-order valence-corrected chi connectivity index (χ3v) is 5.88. The summed E-state index contributed by atoms with van der Waals surface area (Å²) in [6, 6.07) is 11.3. The van der Waals surface area contributed by atoms with Gasteiger partial charge in [-0.1, -0.05) is 19.1 Å². The van der Waals surface area contributed by atoms with Crippen LogP contribution in [0.4, 0.5) is 0 Å². The van der Waals surface area contributed by atoms with E-state index >= 15 is 0 Å². The highest BCUT2D eigenvalue weighted by molar-refractivity contribution is 14.1. The maximum atomic E-state index is 3.65. The quantitative estimate of drug-likeness (QED) is 0.593. The van der Waals surface area contributed by atoms with Gasteiger partial charge in [0.1, 0.15) is 0 Å². The molecule has 0 aliphatic carbocycles. The van der Waals surface area contributed by atoms with Crippen molar-refractivity contribution in [2.24, 2.45) is 0 Å². The minimum absolute atomic E-state index is 0.298. The van der Waals surface area contributed by atoms with Crippen LogP contribution in [-0.4, -0.2) is 6.54 Å². The van der Waals surface area contributed by atoms with Gasteiger partial charge in [-0.05, 0) is 82.2 Å². The Hall–Kier alpha value is 0.0900. The van der Waals surface area contributed by atoms with Gasteiger partial charge in [-0.15, -0.1) is 11.3 Å². The van der Waals surface area contributed by atoms with Crippen molar-refractivity contribution in [1.82, 2.24) is 5.32 Å². The molecule has 1 aromatic heterocycles. The molecule has 0 aliphatic rings. The van der Waals surface area contributed by atoms with Gasteiger partial charge in [-0.25, -0.2) is 0 Å². The normalized spacial score (nSPS) is 12.6. The zero-order valence-electron chi connectivity index (χ0n) is 11.0. The Bertz CT molecular complexity index is 516. The first-order valence-corrected chi connectivity index (χ1v) is 9.05. The van der Waals surface area contributed by atoms with Crippen molar-refractivity contribution < 1.29 is 0 Å². The molecule has 1 nitrogen and oxygen atoms in total. The minimum Gasteiger partial charge on any atom is -0.306 e. The number of hydrogen-bond donors (Lipinski definition) is 1. The summed E-state index contributed by atoms with van der Waals surface area (Å²) in [4.78, 5) is 2.71. The first kappa shape index (κ1) is 15.5. The monoisotopic (exact) mass is 449 g/mol. The van der Waals surface area contributed by atoms with Crippen molar-refractivity contribution >= 4 is 49.9 Å². The summed E-state index contributed by atoms with van der Waals surface area (Å²) < 4.78 is 2.49. The molecule has 0 radical (unpaired) electrons. The van der Waals surface area contributed by atoms with Crippen LogP contribution >= 0.6 is 49.9 Å². The molecule has 0 saturated heterocycles. The molecule has 1 N–H and O–H groups in total. The van der Waals surface area contributed by atoms with E-state index in [1.54, 1.807) is 0 Å². The number of nitrogens with one attached hydrogen (secondary N) is 1. The zero-order valence-corrected chi connectivity index (χ0v) is 15.6. The van der Waals surface area contributed by atoms with Crippen LogP contribution in [0.3, 0.4) is 0 Å². The van der Waals surface area contributed by atoms with E-state index < -0.39 is 0 Å². The maximum Gasteiger partial charge on any atom is 0.0671 e. The summed E-state index contributed by atoms with van der Waals surface area (Å²) in [6.07, 6.45) is 1.15. The highest BCUT2D eigenvalue weighted by atomic mass is 127. The lowest BCUT2D eigenvalue weighted by Crippen LogP contribution is -2.22. The number of benzene rings is 1. The minimum atomic E-state index is 0.298. The molecule has 0 fully saturated rings. The lowest BCUT2D eigenvalue weighted by Gasteiger charge is -2.17. The third kappa shape index (κ3) is 4.03. The zero-order chi connectivity index (χ0) is 13.8. The van der Waals surface area contributed by atoms with Gasteiger partial charge in [0.2, 0.25) is 0 Å². The smallest absolute Gasteiger partial charge is 0.0671 e. The molecule has 0 saturated carbocycles. The van der Waals surface area contributed by atoms with Crippen molar-refractivity contribution in [2.45, 2.75) is 26.3 Å². The standard InChI is InChI=1S/C15H17BrINS/c1-3-8-18-15(11-4-6-12(17)7-5-11)14-9-13(16)10(2)19-14/h4-7,9,15,18H,3,8H2,1-2H3. The van der Waals surface area contributed by atoms with Gasteiger partial charge in [0.25, 0.3) is 0 Å². The Morgan fingerprint density at radius 2 is 2.00 bits per heavy atom. The first-order valence-electron chi connectivity index (χ1n) is 6.36. The number of aryl methyl sites for hydroxylation is 1. The van der Waals surface area contributed by atoms with Crippen LogP contribution in [0.1, 0.15) is 34.7 Å². The van der Waals surface area contributed by atoms with E-state index in [1.165, 1.54) is 23.4 Å². The van der Waals surface area contributed by atoms with Gasteiger partial charge in [0.05, 0.1) is 6.04 Å². The second-order valence-electron chi connectivity index (χ2n) is 4.49. The van der Waals surface area contributed by atoms with E-state index in [-0.39, 0.29) is 0 Å². The molecule has 1 unspecified atom stereocenters. The molecule has 1 aromatic carbocycles. The summed E-state index contributed by atoms with van der Waals surface area (Å²) in [5.41, 5.74) is 1.34. The van der Waals surface area contributed by atoms with E-state index in [0.29, 0.717) is 6.04 Å². The molecule has 0 bridgehead atoms. The molecular formula is C15H17BrINS. The summed E-state index contributed by atoms with van der Waals surface area (Å²) in [6.45, 7) is 5.39. The van der Waals surface area contributed by atoms with Gasteiger partial charge < -0.3 is 5.32 Å². The van der Waals surface area contributed by atoms with E-state index in [4.69, 9.17) is 0 Å². The van der Waals surface area contributed by atoms with Crippen molar-refractivity contribution in [3.8, 4) is 0 Å². The van der Waals surface area contributed by atoms with E-state index in [1.807, 2.05) is 11.3 Å². The summed E-state index contributed by atoms with van der Waals surface area (Å²) >= 11 is 7.83. The lowest BCUT2D eigenvalue weighted by molar-refractivity contribution is 0.606. The van der Waals surface area contributed by atoms with Gasteiger partial charge in [-0.2, -0.15) is 0 Å². The fourth-order valence-electron chi connectivity index (χ4n) is 1.95. The van der Waals surface area contributed by atoms with Crippen LogP contribution in [0.2, 0.25) is 0 Å². The Morgan fingerprint density at radius 3 is 2.53 bits per heavy atom. The Balaban J connectivity index is 2.32. The van der Waals surface area contributed by atoms with Gasteiger partial charge >= 0.3 is 0 Å². The highest BCUT2D eigenvalue weighted by Gasteiger charge is 2.16. The second-order valence-corrected chi connectivity index (χ2v) is 7.88. The number of halogens is 2. The molecule has 4 heteroatoms. The van der Waals surface area contributed by atoms with Crippen LogP contribution in [0, 0.1) is 10.5 Å². The van der Waals surface area contributed by atoms with Crippen LogP contribution in [0.25, 0.3) is 0 Å². The SMILES string of the molecule is CCCNC(c1ccc(I)cc1)c1cc(Br)c(C)s1. The molecule has 0 spiro atoms. The molecular weight excluding hydrogens is 433 g/mol. The topological polar surface area (TPSA) is 12.0 Å². The number of rotatable bonds is 5. The number of hydrogen-bond acceptors (Lipinski definition) is 2. The van der Waals surface area contributed by atoms with Crippen LogP contribution in [0.5, 0.6) is 0 Å². The molecule has 102 valence electrons. The van der Waals surface area contributed by atoms with Crippen LogP contribution in [0.15, 0.2) is 34.8 Å². The molecule has 2 aromatic rings. The highest BCUT2D eigenvalue weighted by Crippen LogP contribution is 2.33. The molecule has 1 atom stereocenters. The summed E-state index contributed by atoms with van der Waals surface area (Å²) in [5.74, 6) is 0. The summed E-state index contributed by atoms with van der Waals surface area (Å²) in [7, 11) is 0. The Kier molecular flexibility index (Phi) is 5.87. The van der Waals surface area contributed by atoms with Crippen molar-refractivity contribution in [1.29, 1.82) is 0 Å². The Morgan fingerprint density at radius 1 is 1.32 bits per heavy atom. The predicted octanol–water partition coefficient (Wildman–Crippen LogP) is 5.51. The Labute approximate surface area is 141 Å². The lowest BCUT2D eigenvalue weighted by atomic mass is 10.1. The fourth-order valence-corrected chi connectivity index (χ4v) is 3.97. The average Bonchev–Trinajstić information content (AvgIpc) is 2.72. The van der Waals surface area contributed by atoms with Crippen LogP contribution in [-0.2, 0) is 0 Å². The average molecular weight is 450 g/mol. The first-order chi connectivity index (χ1) is 9.11. The van der Waals surface area contributed by atoms with Crippen LogP contribution < -0.4 is 5.32 Å². The summed E-state index contributed by atoms with van der Waals surface area (Å²) in [5, 5.41) is 3.65. The molecule has 1 heterocycles. The van der Waals surface area contributed by atoms with E-state index in [0.717, 1.165) is 13.0 Å². The van der Waals surface area contributed by atoms with Crippen molar-refractivity contribution in [3.05, 3.63) is 53.7 Å². The maximum absolute atomic E-state index is 3.65. The fraction of sp³-hybridized carbons (Fsp3) is 0.333. The van der Waals surface area contributed by atoms with E-state index in [2.05, 4.69) is 88.0 Å². The number of thiophene rings is 1. The third-order valence-electron chi connectivity index (χ3n) is 2.96. The molecule has 0 amide bonds. The molecule has 2 rings (SSSR count). The predicted molar refractivity (Wildman–Crippen MR) is 96.1 cm³/mol. The van der Waals surface area contributed by atoms with Gasteiger partial charge in [0, 0.05) is 17.8 Å². The van der Waals surface area contributed by atoms with Crippen molar-refractivity contribution in [3.63, 3.8) is 0 Å². The van der Waals surface area contributed by atoms with Gasteiger partial charge in [0.15, 0.2) is 0 Å². The van der Waals surface area contributed by atoms with E-state index in [9.17, 15) is 0 Å². The van der Waals surface area contributed by atoms with Crippen molar-refractivity contribution in [2.75, 3.05) is 6.54 Å². The second kappa shape index (κ2) is 7.20.